The van der Waals surface area contributed by atoms with Gasteiger partial charge in [0.05, 0.1) is 19.8 Å². The van der Waals surface area contributed by atoms with Crippen LogP contribution in [0.1, 0.15) is 40.4 Å². The van der Waals surface area contributed by atoms with Crippen LogP contribution in [0.5, 0.6) is 5.75 Å². The van der Waals surface area contributed by atoms with Crippen molar-refractivity contribution in [2.75, 3.05) is 27.8 Å². The smallest absolute Gasteiger partial charge is 0.337 e. The summed E-state index contributed by atoms with van der Waals surface area (Å²) in [6.07, 6.45) is 1.48. The monoisotopic (exact) mass is 394 g/mol. The molecule has 1 aliphatic heterocycles. The number of carbonyl (C=O) groups is 1. The van der Waals surface area contributed by atoms with Crippen molar-refractivity contribution in [3.63, 3.8) is 0 Å². The summed E-state index contributed by atoms with van der Waals surface area (Å²) in [4.78, 5) is 27.1. The number of likely N-dealkylation sites (N-methyl/N-ethyl adjacent to an activating group) is 1. The third-order valence-electron chi connectivity index (χ3n) is 7.01. The Morgan fingerprint density at radius 3 is 2.69 bits per heavy atom. The third-order valence-corrected chi connectivity index (χ3v) is 7.01. The van der Waals surface area contributed by atoms with E-state index in [0.29, 0.717) is 12.0 Å². The number of esters is 1. The van der Waals surface area contributed by atoms with Crippen LogP contribution in [0.2, 0.25) is 0 Å². The molecule has 6 heteroatoms. The van der Waals surface area contributed by atoms with Crippen LogP contribution >= 0.6 is 0 Å². The van der Waals surface area contributed by atoms with Gasteiger partial charge < -0.3 is 14.4 Å². The molecule has 6 nitrogen and oxygen atoms in total. The van der Waals surface area contributed by atoms with E-state index in [-0.39, 0.29) is 6.04 Å². The second-order valence-electron chi connectivity index (χ2n) is 8.24. The van der Waals surface area contributed by atoms with Gasteiger partial charge in [0.2, 0.25) is 0 Å². The van der Waals surface area contributed by atoms with Crippen LogP contribution in [0.15, 0.2) is 47.6 Å². The van der Waals surface area contributed by atoms with Gasteiger partial charge in [0.1, 0.15) is 5.75 Å². The maximum atomic E-state index is 12.7. The standard InChI is InChI=1S/C23H26N2O4/c1-22-10-11-25(2)20(13-15-8-9-18(28-3)14-19(15)22)23(22,24-27)17-7-5-6-16(12-17)21(26)29-4/h5-9,12,14,20H,10-11,13H2,1-4H3. The molecule has 29 heavy (non-hydrogen) atoms. The molecular formula is C23H26N2O4. The second kappa shape index (κ2) is 6.95. The first-order valence-corrected chi connectivity index (χ1v) is 9.82. The maximum absolute atomic E-state index is 12.7. The largest absolute Gasteiger partial charge is 0.497 e. The molecular weight excluding hydrogens is 368 g/mol. The van der Waals surface area contributed by atoms with Gasteiger partial charge in [0.25, 0.3) is 0 Å². The average molecular weight is 394 g/mol. The van der Waals surface area contributed by atoms with Crippen LogP contribution in [-0.2, 0) is 22.1 Å². The van der Waals surface area contributed by atoms with Crippen LogP contribution < -0.4 is 4.74 Å². The van der Waals surface area contributed by atoms with E-state index in [1.54, 1.807) is 25.3 Å². The number of hydrogen-bond acceptors (Lipinski definition) is 6. The van der Waals surface area contributed by atoms with Gasteiger partial charge in [0.15, 0.2) is 5.54 Å². The molecule has 2 bridgehead atoms. The molecule has 1 fully saturated rings. The molecule has 152 valence electrons. The summed E-state index contributed by atoms with van der Waals surface area (Å²) < 4.78 is 10.4. The Hall–Kier alpha value is -2.73. The number of nitrogens with zero attached hydrogens (tertiary/aromatic N) is 2. The average Bonchev–Trinajstić information content (AvgIpc) is 2.76. The summed E-state index contributed by atoms with van der Waals surface area (Å²) >= 11 is 0. The van der Waals surface area contributed by atoms with Crippen LogP contribution in [0.25, 0.3) is 0 Å². The lowest BCUT2D eigenvalue weighted by atomic mass is 9.52. The number of ether oxygens (including phenoxy) is 2. The molecule has 1 aliphatic carbocycles. The molecule has 0 radical (unpaired) electrons. The summed E-state index contributed by atoms with van der Waals surface area (Å²) in [5.41, 5.74) is 1.95. The first kappa shape index (κ1) is 19.6. The number of rotatable bonds is 4. The molecule has 2 aromatic rings. The number of likely N-dealkylation sites (tertiary alicyclic amines) is 1. The Morgan fingerprint density at radius 2 is 2.00 bits per heavy atom. The van der Waals surface area contributed by atoms with E-state index in [1.807, 2.05) is 25.2 Å². The van der Waals surface area contributed by atoms with E-state index in [2.05, 4.69) is 23.1 Å². The first-order valence-electron chi connectivity index (χ1n) is 9.82. The Morgan fingerprint density at radius 1 is 1.21 bits per heavy atom. The summed E-state index contributed by atoms with van der Waals surface area (Å²) in [5.74, 6) is 0.347. The Bertz CT molecular complexity index is 975. The molecule has 3 atom stereocenters. The molecule has 0 spiro atoms. The van der Waals surface area contributed by atoms with E-state index in [0.717, 1.165) is 29.8 Å². The van der Waals surface area contributed by atoms with E-state index >= 15 is 0 Å². The molecule has 0 amide bonds. The number of piperidine rings is 1. The number of hydrogen-bond donors (Lipinski definition) is 0. The molecule has 0 saturated carbocycles. The predicted octanol–water partition coefficient (Wildman–Crippen LogP) is 3.66. The lowest BCUT2D eigenvalue weighted by molar-refractivity contribution is 0.0118. The Kier molecular flexibility index (Phi) is 4.69. The third kappa shape index (κ3) is 2.62. The molecule has 0 N–H and O–H groups in total. The van der Waals surface area contributed by atoms with Gasteiger partial charge in [-0.25, -0.2) is 4.79 Å². The van der Waals surface area contributed by atoms with E-state index in [1.165, 1.54) is 12.7 Å². The number of carbonyl (C=O) groups excluding carboxylic acids is 1. The molecule has 4 rings (SSSR count). The van der Waals surface area contributed by atoms with Gasteiger partial charge in [0, 0.05) is 11.5 Å². The van der Waals surface area contributed by atoms with Crippen molar-refractivity contribution in [1.82, 2.24) is 4.90 Å². The van der Waals surface area contributed by atoms with Crippen molar-refractivity contribution >= 4 is 5.97 Å². The van der Waals surface area contributed by atoms with Crippen molar-refractivity contribution in [1.29, 1.82) is 0 Å². The lowest BCUT2D eigenvalue weighted by Crippen LogP contribution is -2.66. The fourth-order valence-corrected chi connectivity index (χ4v) is 5.39. The molecule has 2 aliphatic rings. The minimum absolute atomic E-state index is 0.104. The van der Waals surface area contributed by atoms with Crippen molar-refractivity contribution in [3.05, 3.63) is 69.6 Å². The number of benzene rings is 2. The van der Waals surface area contributed by atoms with Crippen molar-refractivity contribution < 1.29 is 14.3 Å². The minimum Gasteiger partial charge on any atom is -0.497 e. The minimum atomic E-state index is -1.02. The predicted molar refractivity (Wildman–Crippen MR) is 110 cm³/mol. The quantitative estimate of drug-likeness (QED) is 0.585. The summed E-state index contributed by atoms with van der Waals surface area (Å²) in [5, 5.41) is 3.85. The highest BCUT2D eigenvalue weighted by Crippen LogP contribution is 2.58. The zero-order valence-corrected chi connectivity index (χ0v) is 17.3. The summed E-state index contributed by atoms with van der Waals surface area (Å²) in [7, 11) is 5.05. The summed E-state index contributed by atoms with van der Waals surface area (Å²) in [6.45, 7) is 2.99. The molecule has 1 heterocycles. The normalized spacial score (nSPS) is 28.3. The first-order chi connectivity index (χ1) is 13.9. The zero-order chi connectivity index (χ0) is 20.8. The van der Waals surface area contributed by atoms with Crippen molar-refractivity contribution in [3.8, 4) is 5.75 Å². The van der Waals surface area contributed by atoms with Gasteiger partial charge in [-0.05, 0) is 67.4 Å². The fourth-order valence-electron chi connectivity index (χ4n) is 5.39. The number of methoxy groups -OCH3 is 2. The van der Waals surface area contributed by atoms with Crippen LogP contribution in [0.4, 0.5) is 0 Å². The van der Waals surface area contributed by atoms with Crippen molar-refractivity contribution in [2.45, 2.75) is 36.8 Å². The zero-order valence-electron chi connectivity index (χ0n) is 17.3. The number of nitroso groups, excluding NO2 is 1. The second-order valence-corrected chi connectivity index (χ2v) is 8.24. The van der Waals surface area contributed by atoms with Crippen LogP contribution in [0, 0.1) is 4.91 Å². The van der Waals surface area contributed by atoms with Gasteiger partial charge in [-0.1, -0.05) is 30.3 Å². The highest BCUT2D eigenvalue weighted by atomic mass is 16.5. The molecule has 0 aromatic heterocycles. The molecule has 2 aromatic carbocycles. The SMILES string of the molecule is COC(=O)c1cccc(C2(N=O)C3Cc4ccc(OC)cc4C2(C)CCN3C)c1. The van der Waals surface area contributed by atoms with Crippen LogP contribution in [0.3, 0.4) is 0 Å². The van der Waals surface area contributed by atoms with E-state index < -0.39 is 16.9 Å². The topological polar surface area (TPSA) is 68.2 Å². The maximum Gasteiger partial charge on any atom is 0.337 e. The Labute approximate surface area is 170 Å². The van der Waals surface area contributed by atoms with Crippen LogP contribution in [-0.4, -0.2) is 44.7 Å². The molecule has 3 unspecified atom stereocenters. The van der Waals surface area contributed by atoms with E-state index in [4.69, 9.17) is 9.47 Å². The van der Waals surface area contributed by atoms with Crippen molar-refractivity contribution in [2.24, 2.45) is 5.18 Å². The van der Waals surface area contributed by atoms with Gasteiger partial charge in [-0.2, -0.15) is 0 Å². The Balaban J connectivity index is 1.99. The van der Waals surface area contributed by atoms with Gasteiger partial charge in [-0.15, -0.1) is 4.91 Å². The van der Waals surface area contributed by atoms with E-state index in [9.17, 15) is 9.70 Å². The highest BCUT2D eigenvalue weighted by Gasteiger charge is 2.63. The number of fused-ring (bicyclic) bond motifs is 4. The highest BCUT2D eigenvalue weighted by molar-refractivity contribution is 5.89. The lowest BCUT2D eigenvalue weighted by Gasteiger charge is -2.59. The van der Waals surface area contributed by atoms with Gasteiger partial charge in [-0.3, -0.25) is 0 Å². The summed E-state index contributed by atoms with van der Waals surface area (Å²) in [6, 6.07) is 13.2. The fraction of sp³-hybridized carbons (Fsp3) is 0.435. The van der Waals surface area contributed by atoms with Gasteiger partial charge >= 0.3 is 5.97 Å². The molecule has 1 saturated heterocycles.